The third-order valence-electron chi connectivity index (χ3n) is 1.91. The minimum absolute atomic E-state index is 0.487. The first-order chi connectivity index (χ1) is 7.33. The largest absolute Gasteiger partial charge is 0.381 e. The standard InChI is InChI=1S/C10H19N3O2/c1-3-4-7-14-8-5-6-11-10-12-9(2)13-15-10/h3-8H2,1-2H3,(H,11,12,13). The van der Waals surface area contributed by atoms with Crippen LogP contribution >= 0.6 is 0 Å². The highest BCUT2D eigenvalue weighted by atomic mass is 16.5. The molecule has 0 aromatic carbocycles. The molecule has 0 aliphatic rings. The number of aromatic nitrogens is 2. The number of unbranched alkanes of at least 4 members (excludes halogenated alkanes) is 1. The summed E-state index contributed by atoms with van der Waals surface area (Å²) in [6.45, 7) is 6.38. The van der Waals surface area contributed by atoms with Crippen molar-refractivity contribution in [3.63, 3.8) is 0 Å². The van der Waals surface area contributed by atoms with E-state index in [1.54, 1.807) is 6.92 Å². The zero-order valence-electron chi connectivity index (χ0n) is 9.45. The van der Waals surface area contributed by atoms with Gasteiger partial charge in [-0.2, -0.15) is 4.98 Å². The average molecular weight is 213 g/mol. The van der Waals surface area contributed by atoms with Crippen LogP contribution in [0.5, 0.6) is 0 Å². The third kappa shape index (κ3) is 5.37. The number of aryl methyl sites for hydroxylation is 1. The zero-order chi connectivity index (χ0) is 10.9. The molecule has 0 spiro atoms. The normalized spacial score (nSPS) is 10.5. The minimum Gasteiger partial charge on any atom is -0.381 e. The smallest absolute Gasteiger partial charge is 0.321 e. The molecule has 1 aromatic rings. The van der Waals surface area contributed by atoms with Gasteiger partial charge in [0, 0.05) is 19.8 Å². The van der Waals surface area contributed by atoms with Crippen molar-refractivity contribution in [3.8, 4) is 0 Å². The Bertz CT molecular complexity index is 263. The lowest BCUT2D eigenvalue weighted by Gasteiger charge is -2.02. The SMILES string of the molecule is CCCCOCCCNc1nc(C)no1. The molecule has 1 heterocycles. The lowest BCUT2D eigenvalue weighted by Crippen LogP contribution is -2.06. The van der Waals surface area contributed by atoms with Gasteiger partial charge in [-0.1, -0.05) is 18.5 Å². The molecule has 86 valence electrons. The fraction of sp³-hybridized carbons (Fsp3) is 0.800. The van der Waals surface area contributed by atoms with Crippen molar-refractivity contribution in [3.05, 3.63) is 5.82 Å². The van der Waals surface area contributed by atoms with Crippen LogP contribution in [-0.4, -0.2) is 29.9 Å². The van der Waals surface area contributed by atoms with Gasteiger partial charge >= 0.3 is 6.01 Å². The molecule has 15 heavy (non-hydrogen) atoms. The Hall–Kier alpha value is -1.10. The summed E-state index contributed by atoms with van der Waals surface area (Å²) in [7, 11) is 0. The number of rotatable bonds is 8. The summed E-state index contributed by atoms with van der Waals surface area (Å²) in [5, 5.41) is 6.71. The minimum atomic E-state index is 0.487. The van der Waals surface area contributed by atoms with Crippen LogP contribution in [0.3, 0.4) is 0 Å². The number of hydrogen-bond acceptors (Lipinski definition) is 5. The molecular weight excluding hydrogens is 194 g/mol. The highest BCUT2D eigenvalue weighted by Crippen LogP contribution is 2.01. The van der Waals surface area contributed by atoms with Crippen LogP contribution in [0.4, 0.5) is 6.01 Å². The summed E-state index contributed by atoms with van der Waals surface area (Å²) in [4.78, 5) is 4.03. The molecular formula is C10H19N3O2. The van der Waals surface area contributed by atoms with E-state index in [0.29, 0.717) is 11.8 Å². The molecule has 0 bridgehead atoms. The van der Waals surface area contributed by atoms with Gasteiger partial charge in [0.2, 0.25) is 0 Å². The summed E-state index contributed by atoms with van der Waals surface area (Å²) in [6.07, 6.45) is 3.26. The van der Waals surface area contributed by atoms with Crippen LogP contribution in [0.1, 0.15) is 32.0 Å². The van der Waals surface area contributed by atoms with Gasteiger partial charge in [-0.25, -0.2) is 0 Å². The highest BCUT2D eigenvalue weighted by molar-refractivity contribution is 5.17. The van der Waals surface area contributed by atoms with E-state index >= 15 is 0 Å². The van der Waals surface area contributed by atoms with Crippen molar-refractivity contribution in [1.82, 2.24) is 10.1 Å². The lowest BCUT2D eigenvalue weighted by molar-refractivity contribution is 0.131. The van der Waals surface area contributed by atoms with E-state index in [4.69, 9.17) is 9.26 Å². The molecule has 5 heteroatoms. The van der Waals surface area contributed by atoms with Crippen LogP contribution in [0, 0.1) is 6.92 Å². The molecule has 0 saturated carbocycles. The van der Waals surface area contributed by atoms with E-state index in [2.05, 4.69) is 22.4 Å². The van der Waals surface area contributed by atoms with Crippen molar-refractivity contribution in [2.75, 3.05) is 25.1 Å². The van der Waals surface area contributed by atoms with Gasteiger partial charge in [-0.05, 0) is 19.8 Å². The molecule has 0 saturated heterocycles. The number of nitrogens with zero attached hydrogens (tertiary/aromatic N) is 2. The lowest BCUT2D eigenvalue weighted by atomic mass is 10.4. The summed E-state index contributed by atoms with van der Waals surface area (Å²) in [5.74, 6) is 0.650. The van der Waals surface area contributed by atoms with Crippen LogP contribution in [0.2, 0.25) is 0 Å². The number of hydrogen-bond donors (Lipinski definition) is 1. The Kier molecular flexibility index (Phi) is 5.77. The maximum atomic E-state index is 5.41. The van der Waals surface area contributed by atoms with Crippen LogP contribution in [0.25, 0.3) is 0 Å². The Labute approximate surface area is 90.2 Å². The second-order valence-corrected chi connectivity index (χ2v) is 3.39. The predicted octanol–water partition coefficient (Wildman–Crippen LogP) is 2.00. The first kappa shape index (κ1) is 12.0. The average Bonchev–Trinajstić information content (AvgIpc) is 2.63. The first-order valence-corrected chi connectivity index (χ1v) is 5.45. The van der Waals surface area contributed by atoms with Crippen molar-refractivity contribution in [2.45, 2.75) is 33.1 Å². The maximum absolute atomic E-state index is 5.41. The van der Waals surface area contributed by atoms with Crippen molar-refractivity contribution in [2.24, 2.45) is 0 Å². The van der Waals surface area contributed by atoms with Crippen molar-refractivity contribution < 1.29 is 9.26 Å². The second-order valence-electron chi connectivity index (χ2n) is 3.39. The van der Waals surface area contributed by atoms with Gasteiger partial charge in [-0.3, -0.25) is 0 Å². The van der Waals surface area contributed by atoms with Crippen LogP contribution in [0.15, 0.2) is 4.52 Å². The summed E-state index contributed by atoms with van der Waals surface area (Å²) < 4.78 is 10.3. The molecule has 1 N–H and O–H groups in total. The van der Waals surface area contributed by atoms with Gasteiger partial charge in [0.05, 0.1) is 0 Å². The van der Waals surface area contributed by atoms with E-state index in [1.807, 2.05) is 0 Å². The first-order valence-electron chi connectivity index (χ1n) is 5.45. The van der Waals surface area contributed by atoms with Crippen LogP contribution < -0.4 is 5.32 Å². The Balaban J connectivity index is 1.93. The molecule has 0 fully saturated rings. The molecule has 5 nitrogen and oxygen atoms in total. The molecule has 0 aliphatic heterocycles. The fourth-order valence-corrected chi connectivity index (χ4v) is 1.09. The van der Waals surface area contributed by atoms with Crippen molar-refractivity contribution >= 4 is 6.01 Å². The maximum Gasteiger partial charge on any atom is 0.321 e. The summed E-state index contributed by atoms with van der Waals surface area (Å²) in [6, 6.07) is 0.487. The van der Waals surface area contributed by atoms with Gasteiger partial charge in [0.15, 0.2) is 5.82 Å². The van der Waals surface area contributed by atoms with E-state index in [-0.39, 0.29) is 0 Å². The molecule has 0 aliphatic carbocycles. The second kappa shape index (κ2) is 7.23. The van der Waals surface area contributed by atoms with Gasteiger partial charge in [-0.15, -0.1) is 0 Å². The summed E-state index contributed by atoms with van der Waals surface area (Å²) >= 11 is 0. The number of ether oxygens (including phenoxy) is 1. The monoisotopic (exact) mass is 213 g/mol. The molecule has 0 amide bonds. The van der Waals surface area contributed by atoms with E-state index in [0.717, 1.165) is 32.6 Å². The van der Waals surface area contributed by atoms with Crippen LogP contribution in [-0.2, 0) is 4.74 Å². The molecule has 1 rings (SSSR count). The quantitative estimate of drug-likeness (QED) is 0.669. The summed E-state index contributed by atoms with van der Waals surface area (Å²) in [5.41, 5.74) is 0. The number of nitrogens with one attached hydrogen (secondary N) is 1. The Morgan fingerprint density at radius 1 is 1.33 bits per heavy atom. The predicted molar refractivity (Wildman–Crippen MR) is 57.9 cm³/mol. The Morgan fingerprint density at radius 3 is 2.80 bits per heavy atom. The topological polar surface area (TPSA) is 60.2 Å². The van der Waals surface area contributed by atoms with Gasteiger partial charge in [0.1, 0.15) is 0 Å². The third-order valence-corrected chi connectivity index (χ3v) is 1.91. The molecule has 0 atom stereocenters. The van der Waals surface area contributed by atoms with E-state index in [1.165, 1.54) is 6.42 Å². The van der Waals surface area contributed by atoms with E-state index < -0.39 is 0 Å². The van der Waals surface area contributed by atoms with E-state index in [9.17, 15) is 0 Å². The van der Waals surface area contributed by atoms with Crippen molar-refractivity contribution in [1.29, 1.82) is 0 Å². The molecule has 0 unspecified atom stereocenters. The van der Waals surface area contributed by atoms with Gasteiger partial charge in [0.25, 0.3) is 0 Å². The highest BCUT2D eigenvalue weighted by Gasteiger charge is 1.99. The molecule has 1 aromatic heterocycles. The number of anilines is 1. The van der Waals surface area contributed by atoms with Gasteiger partial charge < -0.3 is 14.6 Å². The zero-order valence-corrected chi connectivity index (χ0v) is 9.45. The molecule has 0 radical (unpaired) electrons. The Morgan fingerprint density at radius 2 is 2.13 bits per heavy atom. The fourth-order valence-electron chi connectivity index (χ4n) is 1.09.